The van der Waals surface area contributed by atoms with E-state index in [1.165, 1.54) is 6.92 Å². The third kappa shape index (κ3) is 3.85. The first-order chi connectivity index (χ1) is 10.4. The Labute approximate surface area is 130 Å². The van der Waals surface area contributed by atoms with Crippen LogP contribution in [0.4, 0.5) is 0 Å². The molecule has 22 heavy (non-hydrogen) atoms. The van der Waals surface area contributed by atoms with E-state index in [1.54, 1.807) is 6.08 Å². The van der Waals surface area contributed by atoms with Gasteiger partial charge in [-0.15, -0.1) is 0 Å². The number of rotatable bonds is 2. The Hall–Kier alpha value is -1.88. The molecule has 3 atom stereocenters. The standard InChI is InChI=1S/C17H22O5/c1-10-5-4-6-13(9-21-12(3)18)8-14(19)16-11(2)17(20)22-15(16)7-10/h5,8,14-16,19H,2,4,6-7,9H2,1,3H3. The fourth-order valence-electron chi connectivity index (χ4n) is 2.89. The fourth-order valence-corrected chi connectivity index (χ4v) is 2.89. The zero-order valence-corrected chi connectivity index (χ0v) is 13.0. The number of fused-ring (bicyclic) bond motifs is 1. The molecule has 2 aliphatic rings. The van der Waals surface area contributed by atoms with Gasteiger partial charge in [-0.05, 0) is 25.3 Å². The van der Waals surface area contributed by atoms with Gasteiger partial charge in [0.2, 0.25) is 0 Å². The first-order valence-electron chi connectivity index (χ1n) is 7.45. The highest BCUT2D eigenvalue weighted by Crippen LogP contribution is 2.35. The normalized spacial score (nSPS) is 29.1. The van der Waals surface area contributed by atoms with E-state index in [1.807, 2.05) is 6.92 Å². The van der Waals surface area contributed by atoms with Gasteiger partial charge in [-0.25, -0.2) is 4.79 Å². The van der Waals surface area contributed by atoms with Crippen LogP contribution in [0.25, 0.3) is 0 Å². The first-order valence-corrected chi connectivity index (χ1v) is 7.45. The van der Waals surface area contributed by atoms with Crippen LogP contribution in [-0.2, 0) is 19.1 Å². The molecule has 1 saturated heterocycles. The number of allylic oxidation sites excluding steroid dienone is 1. The highest BCUT2D eigenvalue weighted by molar-refractivity contribution is 5.91. The molecule has 5 nitrogen and oxygen atoms in total. The van der Waals surface area contributed by atoms with Crippen molar-refractivity contribution in [3.63, 3.8) is 0 Å². The lowest BCUT2D eigenvalue weighted by atomic mass is 9.86. The summed E-state index contributed by atoms with van der Waals surface area (Å²) in [4.78, 5) is 22.7. The smallest absolute Gasteiger partial charge is 0.334 e. The fraction of sp³-hybridized carbons (Fsp3) is 0.529. The second kappa shape index (κ2) is 6.92. The highest BCUT2D eigenvalue weighted by Gasteiger charge is 2.42. The van der Waals surface area contributed by atoms with Crippen molar-refractivity contribution >= 4 is 11.9 Å². The summed E-state index contributed by atoms with van der Waals surface area (Å²) in [6, 6.07) is 0. The molecule has 0 bridgehead atoms. The SMILES string of the molecule is C=C1C(=O)OC2CC(C)=CCCC(COC(C)=O)=CC(O)C12. The van der Waals surface area contributed by atoms with E-state index < -0.39 is 24.1 Å². The molecular formula is C17H22O5. The molecule has 0 radical (unpaired) electrons. The largest absolute Gasteiger partial charge is 0.461 e. The van der Waals surface area contributed by atoms with Crippen LogP contribution in [0, 0.1) is 5.92 Å². The molecule has 0 aromatic heterocycles. The zero-order valence-electron chi connectivity index (χ0n) is 13.0. The summed E-state index contributed by atoms with van der Waals surface area (Å²) in [6.45, 7) is 7.23. The summed E-state index contributed by atoms with van der Waals surface area (Å²) in [5, 5.41) is 10.5. The van der Waals surface area contributed by atoms with Gasteiger partial charge in [0.1, 0.15) is 12.7 Å². The second-order valence-electron chi connectivity index (χ2n) is 5.88. The maximum atomic E-state index is 11.7. The summed E-state index contributed by atoms with van der Waals surface area (Å²) in [6.07, 6.45) is 4.57. The van der Waals surface area contributed by atoms with E-state index in [9.17, 15) is 14.7 Å². The number of aliphatic hydroxyl groups excluding tert-OH is 1. The quantitative estimate of drug-likeness (QED) is 0.480. The molecule has 1 N–H and O–H groups in total. The van der Waals surface area contributed by atoms with Crippen molar-refractivity contribution < 1.29 is 24.2 Å². The van der Waals surface area contributed by atoms with Gasteiger partial charge < -0.3 is 14.6 Å². The zero-order chi connectivity index (χ0) is 16.3. The van der Waals surface area contributed by atoms with Crippen molar-refractivity contribution in [3.05, 3.63) is 35.5 Å². The van der Waals surface area contributed by atoms with E-state index in [0.717, 1.165) is 17.6 Å². The molecule has 1 fully saturated rings. The predicted octanol–water partition coefficient (Wildman–Crippen LogP) is 2.06. The van der Waals surface area contributed by atoms with Crippen molar-refractivity contribution in [2.45, 2.75) is 45.3 Å². The predicted molar refractivity (Wildman–Crippen MR) is 80.8 cm³/mol. The van der Waals surface area contributed by atoms with E-state index in [2.05, 4.69) is 12.7 Å². The van der Waals surface area contributed by atoms with E-state index >= 15 is 0 Å². The number of ether oxygens (including phenoxy) is 2. The van der Waals surface area contributed by atoms with E-state index in [-0.39, 0.29) is 12.6 Å². The van der Waals surface area contributed by atoms with Crippen LogP contribution in [0.1, 0.15) is 33.1 Å². The van der Waals surface area contributed by atoms with Crippen LogP contribution in [0.15, 0.2) is 35.5 Å². The van der Waals surface area contributed by atoms with Crippen molar-refractivity contribution in [2.75, 3.05) is 6.61 Å². The summed E-state index contributed by atoms with van der Waals surface area (Å²) in [5.41, 5.74) is 2.24. The number of carbonyl (C=O) groups is 2. The van der Waals surface area contributed by atoms with Crippen LogP contribution in [0.2, 0.25) is 0 Å². The maximum Gasteiger partial charge on any atom is 0.334 e. The molecule has 120 valence electrons. The maximum absolute atomic E-state index is 11.7. The Bertz CT molecular complexity index is 543. The Morgan fingerprint density at radius 1 is 1.55 bits per heavy atom. The number of aliphatic hydroxyl groups is 1. The molecule has 0 saturated carbocycles. The lowest BCUT2D eigenvalue weighted by Gasteiger charge is -2.23. The molecule has 1 aliphatic heterocycles. The number of esters is 2. The Balaban J connectivity index is 2.25. The number of hydrogen-bond donors (Lipinski definition) is 1. The molecule has 0 spiro atoms. The second-order valence-corrected chi connectivity index (χ2v) is 5.88. The number of carbonyl (C=O) groups excluding carboxylic acids is 2. The van der Waals surface area contributed by atoms with Crippen molar-refractivity contribution in [1.29, 1.82) is 0 Å². The minimum Gasteiger partial charge on any atom is -0.461 e. The van der Waals surface area contributed by atoms with Crippen LogP contribution in [-0.4, -0.2) is 35.9 Å². The minimum atomic E-state index is -0.875. The van der Waals surface area contributed by atoms with Crippen LogP contribution < -0.4 is 0 Å². The lowest BCUT2D eigenvalue weighted by molar-refractivity contribution is -0.140. The van der Waals surface area contributed by atoms with Gasteiger partial charge in [-0.1, -0.05) is 24.3 Å². The van der Waals surface area contributed by atoms with Gasteiger partial charge in [0.25, 0.3) is 0 Å². The van der Waals surface area contributed by atoms with Gasteiger partial charge in [0, 0.05) is 18.9 Å². The Kier molecular flexibility index (Phi) is 5.19. The molecule has 2 rings (SSSR count). The van der Waals surface area contributed by atoms with Crippen molar-refractivity contribution in [3.8, 4) is 0 Å². The van der Waals surface area contributed by atoms with Gasteiger partial charge in [0.05, 0.1) is 12.0 Å². The molecule has 3 unspecified atom stereocenters. The minimum absolute atomic E-state index is 0.151. The monoisotopic (exact) mass is 306 g/mol. The van der Waals surface area contributed by atoms with Crippen LogP contribution in [0.5, 0.6) is 0 Å². The van der Waals surface area contributed by atoms with E-state index in [4.69, 9.17) is 9.47 Å². The van der Waals surface area contributed by atoms with Gasteiger partial charge >= 0.3 is 11.9 Å². The first kappa shape index (κ1) is 16.5. The molecule has 1 heterocycles. The topological polar surface area (TPSA) is 72.8 Å². The van der Waals surface area contributed by atoms with Crippen molar-refractivity contribution in [1.82, 2.24) is 0 Å². The van der Waals surface area contributed by atoms with Crippen LogP contribution >= 0.6 is 0 Å². The third-order valence-electron chi connectivity index (χ3n) is 4.04. The highest BCUT2D eigenvalue weighted by atomic mass is 16.6. The lowest BCUT2D eigenvalue weighted by Crippen LogP contribution is -2.29. The average molecular weight is 306 g/mol. The molecule has 5 heteroatoms. The molecule has 0 amide bonds. The van der Waals surface area contributed by atoms with Crippen molar-refractivity contribution in [2.24, 2.45) is 5.92 Å². The summed E-state index contributed by atoms with van der Waals surface area (Å²) in [7, 11) is 0. The van der Waals surface area contributed by atoms with Gasteiger partial charge in [-0.3, -0.25) is 4.79 Å². The molecule has 1 aliphatic carbocycles. The third-order valence-corrected chi connectivity index (χ3v) is 4.04. The Morgan fingerprint density at radius 3 is 2.95 bits per heavy atom. The summed E-state index contributed by atoms with van der Waals surface area (Å²) in [5.74, 6) is -1.27. The number of hydrogen-bond acceptors (Lipinski definition) is 5. The van der Waals surface area contributed by atoms with E-state index in [0.29, 0.717) is 18.4 Å². The van der Waals surface area contributed by atoms with Crippen LogP contribution in [0.3, 0.4) is 0 Å². The molecule has 0 aromatic rings. The Morgan fingerprint density at radius 2 is 2.27 bits per heavy atom. The summed E-state index contributed by atoms with van der Waals surface area (Å²) >= 11 is 0. The average Bonchev–Trinajstić information content (AvgIpc) is 2.70. The van der Waals surface area contributed by atoms with Gasteiger partial charge in [-0.2, -0.15) is 0 Å². The molecule has 0 aromatic carbocycles. The molecular weight excluding hydrogens is 284 g/mol. The van der Waals surface area contributed by atoms with Gasteiger partial charge in [0.15, 0.2) is 0 Å². The summed E-state index contributed by atoms with van der Waals surface area (Å²) < 4.78 is 10.4.